The van der Waals surface area contributed by atoms with Gasteiger partial charge in [0.05, 0.1) is 17.7 Å². The molecule has 2 aliphatic heterocycles. The Kier molecular flexibility index (Phi) is 3.17. The lowest BCUT2D eigenvalue weighted by atomic mass is 9.67. The molecule has 3 heterocycles. The van der Waals surface area contributed by atoms with Crippen LogP contribution in [0.1, 0.15) is 18.4 Å². The predicted molar refractivity (Wildman–Crippen MR) is 73.6 cm³/mol. The molecule has 2 aliphatic rings. The van der Waals surface area contributed by atoms with Gasteiger partial charge in [-0.3, -0.25) is 4.68 Å². The van der Waals surface area contributed by atoms with Crippen LogP contribution in [0.5, 0.6) is 0 Å². The molecule has 1 N–H and O–H groups in total. The number of sulfone groups is 1. The normalized spacial score (nSPS) is 28.2. The molecule has 0 radical (unpaired) electrons. The van der Waals surface area contributed by atoms with Gasteiger partial charge in [0.15, 0.2) is 9.84 Å². The SMILES string of the molecule is Cn1cc(CCC2(C3CCS(=O)(=O)C3)CNC2)cn1. The summed E-state index contributed by atoms with van der Waals surface area (Å²) in [6.07, 6.45) is 6.85. The Labute approximate surface area is 114 Å². The van der Waals surface area contributed by atoms with Crippen molar-refractivity contribution in [2.75, 3.05) is 24.6 Å². The molecule has 5 nitrogen and oxygen atoms in total. The fourth-order valence-electron chi connectivity index (χ4n) is 3.39. The number of hydrogen-bond acceptors (Lipinski definition) is 4. The molecule has 2 fully saturated rings. The van der Waals surface area contributed by atoms with Gasteiger partial charge in [-0.2, -0.15) is 5.10 Å². The predicted octanol–water partition coefficient (Wildman–Crippen LogP) is 0.377. The van der Waals surface area contributed by atoms with Crippen LogP contribution < -0.4 is 5.32 Å². The first-order valence-electron chi connectivity index (χ1n) is 6.88. The monoisotopic (exact) mass is 283 g/mol. The zero-order chi connectivity index (χ0) is 13.5. The third kappa shape index (κ3) is 2.56. The molecule has 0 aromatic carbocycles. The van der Waals surface area contributed by atoms with Crippen LogP contribution in [-0.4, -0.2) is 42.8 Å². The summed E-state index contributed by atoms with van der Waals surface area (Å²) in [5.74, 6) is 1.11. The van der Waals surface area contributed by atoms with Crippen molar-refractivity contribution < 1.29 is 8.42 Å². The Morgan fingerprint density at radius 2 is 2.32 bits per heavy atom. The van der Waals surface area contributed by atoms with Gasteiger partial charge in [0.2, 0.25) is 0 Å². The minimum absolute atomic E-state index is 0.194. The lowest BCUT2D eigenvalue weighted by molar-refractivity contribution is 0.0811. The van der Waals surface area contributed by atoms with Crippen molar-refractivity contribution in [1.29, 1.82) is 0 Å². The van der Waals surface area contributed by atoms with Crippen LogP contribution in [-0.2, 0) is 23.3 Å². The lowest BCUT2D eigenvalue weighted by Crippen LogP contribution is -2.58. The van der Waals surface area contributed by atoms with Gasteiger partial charge < -0.3 is 5.32 Å². The van der Waals surface area contributed by atoms with Crippen molar-refractivity contribution in [3.05, 3.63) is 18.0 Å². The summed E-state index contributed by atoms with van der Waals surface area (Å²) < 4.78 is 25.2. The summed E-state index contributed by atoms with van der Waals surface area (Å²) >= 11 is 0. The van der Waals surface area contributed by atoms with Gasteiger partial charge in [0.25, 0.3) is 0 Å². The number of aryl methyl sites for hydroxylation is 2. The summed E-state index contributed by atoms with van der Waals surface area (Å²) in [5, 5.41) is 7.52. The molecule has 1 unspecified atom stereocenters. The Morgan fingerprint density at radius 1 is 1.53 bits per heavy atom. The van der Waals surface area contributed by atoms with Crippen LogP contribution in [0.3, 0.4) is 0 Å². The minimum atomic E-state index is -2.78. The van der Waals surface area contributed by atoms with Gasteiger partial charge in [-0.1, -0.05) is 0 Å². The first-order chi connectivity index (χ1) is 8.99. The zero-order valence-corrected chi connectivity index (χ0v) is 12.1. The second-order valence-corrected chi connectivity index (χ2v) is 8.32. The number of hydrogen-bond donors (Lipinski definition) is 1. The summed E-state index contributed by atoms with van der Waals surface area (Å²) in [4.78, 5) is 0. The Morgan fingerprint density at radius 3 is 2.79 bits per heavy atom. The molecule has 1 aromatic rings. The van der Waals surface area contributed by atoms with E-state index in [1.807, 2.05) is 24.1 Å². The molecule has 0 aliphatic carbocycles. The standard InChI is InChI=1S/C13H21N3O2S/c1-16-7-11(6-15-16)2-4-13(9-14-10-13)12-3-5-19(17,18)8-12/h6-7,12,14H,2-5,8-10H2,1H3. The first-order valence-corrected chi connectivity index (χ1v) is 8.70. The fraction of sp³-hybridized carbons (Fsp3) is 0.769. The van der Waals surface area contributed by atoms with E-state index in [0.717, 1.165) is 32.4 Å². The molecule has 2 saturated heterocycles. The van der Waals surface area contributed by atoms with E-state index in [2.05, 4.69) is 10.4 Å². The van der Waals surface area contributed by atoms with Gasteiger partial charge in [0, 0.05) is 26.3 Å². The molecule has 6 heteroatoms. The van der Waals surface area contributed by atoms with Crippen molar-refractivity contribution in [2.45, 2.75) is 19.3 Å². The smallest absolute Gasteiger partial charge is 0.150 e. The molecule has 1 aromatic heterocycles. The lowest BCUT2D eigenvalue weighted by Gasteiger charge is -2.47. The van der Waals surface area contributed by atoms with E-state index in [9.17, 15) is 8.42 Å². The number of rotatable bonds is 4. The van der Waals surface area contributed by atoms with E-state index in [4.69, 9.17) is 0 Å². The first kappa shape index (κ1) is 13.1. The molecule has 0 saturated carbocycles. The van der Waals surface area contributed by atoms with Crippen LogP contribution in [0.15, 0.2) is 12.4 Å². The molecule has 0 spiro atoms. The fourth-order valence-corrected chi connectivity index (χ4v) is 5.33. The molecule has 1 atom stereocenters. The second-order valence-electron chi connectivity index (χ2n) is 6.09. The average Bonchev–Trinajstić information content (AvgIpc) is 2.84. The summed E-state index contributed by atoms with van der Waals surface area (Å²) in [5.41, 5.74) is 1.44. The van der Waals surface area contributed by atoms with Crippen molar-refractivity contribution in [3.63, 3.8) is 0 Å². The van der Waals surface area contributed by atoms with Crippen LogP contribution in [0, 0.1) is 11.3 Å². The minimum Gasteiger partial charge on any atom is -0.316 e. The zero-order valence-electron chi connectivity index (χ0n) is 11.3. The average molecular weight is 283 g/mol. The van der Waals surface area contributed by atoms with E-state index >= 15 is 0 Å². The van der Waals surface area contributed by atoms with E-state index in [-0.39, 0.29) is 5.41 Å². The molecule has 0 bridgehead atoms. The Bertz CT molecular complexity index is 560. The van der Waals surface area contributed by atoms with Crippen molar-refractivity contribution in [2.24, 2.45) is 18.4 Å². The van der Waals surface area contributed by atoms with Crippen molar-refractivity contribution in [1.82, 2.24) is 15.1 Å². The highest BCUT2D eigenvalue weighted by Gasteiger charge is 2.47. The summed E-state index contributed by atoms with van der Waals surface area (Å²) in [6.45, 7) is 1.93. The van der Waals surface area contributed by atoms with Gasteiger partial charge in [0.1, 0.15) is 0 Å². The second kappa shape index (κ2) is 4.59. The number of nitrogens with zero attached hydrogens (tertiary/aromatic N) is 2. The molecule has 3 rings (SSSR count). The molecule has 19 heavy (non-hydrogen) atoms. The highest BCUT2D eigenvalue weighted by atomic mass is 32.2. The van der Waals surface area contributed by atoms with Gasteiger partial charge in [-0.25, -0.2) is 8.42 Å². The molecular formula is C13H21N3O2S. The highest BCUT2D eigenvalue weighted by molar-refractivity contribution is 7.91. The maximum Gasteiger partial charge on any atom is 0.150 e. The van der Waals surface area contributed by atoms with Crippen LogP contribution in [0.2, 0.25) is 0 Å². The summed E-state index contributed by atoms with van der Waals surface area (Å²) in [6, 6.07) is 0. The van der Waals surface area contributed by atoms with Crippen LogP contribution in [0.25, 0.3) is 0 Å². The Hall–Kier alpha value is -0.880. The third-order valence-electron chi connectivity index (χ3n) is 4.72. The quantitative estimate of drug-likeness (QED) is 0.867. The topological polar surface area (TPSA) is 64.0 Å². The van der Waals surface area contributed by atoms with Crippen molar-refractivity contribution in [3.8, 4) is 0 Å². The van der Waals surface area contributed by atoms with E-state index in [1.54, 1.807) is 0 Å². The summed E-state index contributed by atoms with van der Waals surface area (Å²) in [7, 11) is -0.854. The molecule has 106 valence electrons. The highest BCUT2D eigenvalue weighted by Crippen LogP contribution is 2.42. The third-order valence-corrected chi connectivity index (χ3v) is 6.49. The number of aromatic nitrogens is 2. The molecule has 0 amide bonds. The largest absolute Gasteiger partial charge is 0.316 e. The maximum absolute atomic E-state index is 11.7. The van der Waals surface area contributed by atoms with Gasteiger partial charge in [-0.15, -0.1) is 0 Å². The van der Waals surface area contributed by atoms with Crippen LogP contribution >= 0.6 is 0 Å². The van der Waals surface area contributed by atoms with E-state index in [1.165, 1.54) is 5.56 Å². The van der Waals surface area contributed by atoms with E-state index in [0.29, 0.717) is 17.4 Å². The van der Waals surface area contributed by atoms with E-state index < -0.39 is 9.84 Å². The number of nitrogens with one attached hydrogen (secondary N) is 1. The molecular weight excluding hydrogens is 262 g/mol. The van der Waals surface area contributed by atoms with Gasteiger partial charge >= 0.3 is 0 Å². The van der Waals surface area contributed by atoms with Crippen molar-refractivity contribution >= 4 is 9.84 Å². The van der Waals surface area contributed by atoms with Gasteiger partial charge in [-0.05, 0) is 36.2 Å². The maximum atomic E-state index is 11.7. The Balaban J connectivity index is 1.66. The van der Waals surface area contributed by atoms with Crippen LogP contribution in [0.4, 0.5) is 0 Å².